The molecule has 0 saturated heterocycles. The Morgan fingerprint density at radius 2 is 1.76 bits per heavy atom. The van der Waals surface area contributed by atoms with E-state index >= 15 is 0 Å². The van der Waals surface area contributed by atoms with Gasteiger partial charge >= 0.3 is 0 Å². The van der Waals surface area contributed by atoms with Gasteiger partial charge in [-0.05, 0) is 26.0 Å². The zero-order valence-corrected chi connectivity index (χ0v) is 12.6. The average molecular weight is 289 g/mol. The van der Waals surface area contributed by atoms with Crippen molar-refractivity contribution in [3.8, 4) is 23.1 Å². The first-order valence-electron chi connectivity index (χ1n) is 6.65. The van der Waals surface area contributed by atoms with Crippen LogP contribution in [0.3, 0.4) is 0 Å². The van der Waals surface area contributed by atoms with Gasteiger partial charge in [-0.2, -0.15) is 0 Å². The molecule has 2 rings (SSSR count). The predicted molar refractivity (Wildman–Crippen MR) is 80.6 cm³/mol. The second-order valence-corrected chi connectivity index (χ2v) is 4.28. The van der Waals surface area contributed by atoms with Crippen molar-refractivity contribution in [2.75, 3.05) is 26.1 Å². The van der Waals surface area contributed by atoms with Crippen molar-refractivity contribution in [1.29, 1.82) is 0 Å². The molecular formula is C15H19N3O3. The smallest absolute Gasteiger partial charge is 0.227 e. The standard InChI is InChI=1S/C15H19N3O3/c1-5-16-14-10(2)15(18-9-17-14)21-13-11(19-3)7-6-8-12(13)20-4/h6-9H,5H2,1-4H3,(H,16,17,18). The van der Waals surface area contributed by atoms with Crippen LogP contribution in [-0.4, -0.2) is 30.7 Å². The number of methoxy groups -OCH3 is 2. The van der Waals surface area contributed by atoms with Crippen LogP contribution in [0, 0.1) is 6.92 Å². The van der Waals surface area contributed by atoms with Gasteiger partial charge in [-0.3, -0.25) is 0 Å². The molecule has 112 valence electrons. The van der Waals surface area contributed by atoms with E-state index in [1.165, 1.54) is 6.33 Å². The highest BCUT2D eigenvalue weighted by molar-refractivity contribution is 5.55. The topological polar surface area (TPSA) is 65.5 Å². The van der Waals surface area contributed by atoms with E-state index in [1.54, 1.807) is 26.4 Å². The lowest BCUT2D eigenvalue weighted by atomic mass is 10.3. The third-order valence-corrected chi connectivity index (χ3v) is 2.96. The number of para-hydroxylation sites is 1. The predicted octanol–water partition coefficient (Wildman–Crippen LogP) is 3.03. The fraction of sp³-hybridized carbons (Fsp3) is 0.333. The van der Waals surface area contributed by atoms with Crippen molar-refractivity contribution in [3.05, 3.63) is 30.1 Å². The quantitative estimate of drug-likeness (QED) is 0.881. The molecule has 1 N–H and O–H groups in total. The molecule has 2 aromatic rings. The maximum atomic E-state index is 5.90. The van der Waals surface area contributed by atoms with Gasteiger partial charge in [0.05, 0.1) is 19.8 Å². The molecule has 1 heterocycles. The number of aromatic nitrogens is 2. The van der Waals surface area contributed by atoms with Gasteiger partial charge in [0.25, 0.3) is 0 Å². The molecule has 0 aliphatic carbocycles. The van der Waals surface area contributed by atoms with Crippen LogP contribution in [0.1, 0.15) is 12.5 Å². The van der Waals surface area contributed by atoms with E-state index in [-0.39, 0.29) is 0 Å². The van der Waals surface area contributed by atoms with Crippen molar-refractivity contribution < 1.29 is 14.2 Å². The van der Waals surface area contributed by atoms with E-state index in [9.17, 15) is 0 Å². The van der Waals surface area contributed by atoms with Gasteiger partial charge in [0, 0.05) is 6.54 Å². The van der Waals surface area contributed by atoms with Crippen molar-refractivity contribution in [1.82, 2.24) is 9.97 Å². The summed E-state index contributed by atoms with van der Waals surface area (Å²) in [5.41, 5.74) is 0.826. The second-order valence-electron chi connectivity index (χ2n) is 4.28. The van der Waals surface area contributed by atoms with Gasteiger partial charge in [-0.15, -0.1) is 0 Å². The summed E-state index contributed by atoms with van der Waals surface area (Å²) in [5.74, 6) is 2.86. The van der Waals surface area contributed by atoms with Crippen LogP contribution < -0.4 is 19.5 Å². The Morgan fingerprint density at radius 3 is 2.33 bits per heavy atom. The molecule has 6 nitrogen and oxygen atoms in total. The minimum absolute atomic E-state index is 0.462. The zero-order valence-electron chi connectivity index (χ0n) is 12.6. The number of hydrogen-bond acceptors (Lipinski definition) is 6. The third kappa shape index (κ3) is 3.16. The third-order valence-electron chi connectivity index (χ3n) is 2.96. The number of hydrogen-bond donors (Lipinski definition) is 1. The largest absolute Gasteiger partial charge is 0.493 e. The number of rotatable bonds is 6. The fourth-order valence-electron chi connectivity index (χ4n) is 1.90. The molecule has 0 radical (unpaired) electrons. The SMILES string of the molecule is CCNc1ncnc(Oc2c(OC)cccc2OC)c1C. The molecule has 1 aromatic heterocycles. The van der Waals surface area contributed by atoms with Crippen LogP contribution in [0.15, 0.2) is 24.5 Å². The zero-order chi connectivity index (χ0) is 15.2. The Balaban J connectivity index is 2.40. The first-order chi connectivity index (χ1) is 10.2. The molecule has 21 heavy (non-hydrogen) atoms. The van der Waals surface area contributed by atoms with E-state index in [1.807, 2.05) is 19.9 Å². The summed E-state index contributed by atoms with van der Waals surface area (Å²) in [4.78, 5) is 8.37. The van der Waals surface area contributed by atoms with E-state index in [0.29, 0.717) is 23.1 Å². The summed E-state index contributed by atoms with van der Waals surface area (Å²) >= 11 is 0. The molecule has 6 heteroatoms. The minimum Gasteiger partial charge on any atom is -0.493 e. The van der Waals surface area contributed by atoms with Crippen molar-refractivity contribution >= 4 is 5.82 Å². The first-order valence-corrected chi connectivity index (χ1v) is 6.65. The van der Waals surface area contributed by atoms with Gasteiger partial charge in [0.15, 0.2) is 11.5 Å². The summed E-state index contributed by atoms with van der Waals surface area (Å²) in [7, 11) is 3.16. The molecular weight excluding hydrogens is 270 g/mol. The average Bonchev–Trinajstić information content (AvgIpc) is 2.51. The number of anilines is 1. The summed E-state index contributed by atoms with van der Waals surface area (Å²) in [6, 6.07) is 5.45. The van der Waals surface area contributed by atoms with E-state index < -0.39 is 0 Å². The van der Waals surface area contributed by atoms with Gasteiger partial charge in [-0.25, -0.2) is 9.97 Å². The Bertz CT molecular complexity index is 595. The lowest BCUT2D eigenvalue weighted by molar-refractivity contribution is 0.341. The van der Waals surface area contributed by atoms with Gasteiger partial charge < -0.3 is 19.5 Å². The van der Waals surface area contributed by atoms with Crippen molar-refractivity contribution in [3.63, 3.8) is 0 Å². The Morgan fingerprint density at radius 1 is 1.10 bits per heavy atom. The molecule has 0 bridgehead atoms. The molecule has 1 aromatic carbocycles. The number of nitrogens with zero attached hydrogens (tertiary/aromatic N) is 2. The van der Waals surface area contributed by atoms with Crippen molar-refractivity contribution in [2.45, 2.75) is 13.8 Å². The van der Waals surface area contributed by atoms with Crippen molar-refractivity contribution in [2.24, 2.45) is 0 Å². The molecule has 0 aliphatic heterocycles. The van der Waals surface area contributed by atoms with Crippen LogP contribution in [0.4, 0.5) is 5.82 Å². The lowest BCUT2D eigenvalue weighted by Gasteiger charge is -2.15. The second kappa shape index (κ2) is 6.78. The van der Waals surface area contributed by atoms with Crippen LogP contribution in [0.5, 0.6) is 23.1 Å². The highest BCUT2D eigenvalue weighted by atomic mass is 16.5. The minimum atomic E-state index is 0.462. The highest BCUT2D eigenvalue weighted by Crippen LogP contribution is 2.40. The summed E-state index contributed by atoms with van der Waals surface area (Å²) in [6.07, 6.45) is 1.46. The van der Waals surface area contributed by atoms with Gasteiger partial charge in [0.2, 0.25) is 11.6 Å². The molecule has 0 spiro atoms. The Labute approximate surface area is 124 Å². The maximum Gasteiger partial charge on any atom is 0.227 e. The molecule has 0 aliphatic rings. The Hall–Kier alpha value is -2.50. The molecule has 0 saturated carbocycles. The van der Waals surface area contributed by atoms with E-state index in [0.717, 1.165) is 17.9 Å². The molecule has 0 amide bonds. The molecule has 0 atom stereocenters. The maximum absolute atomic E-state index is 5.90. The Kier molecular flexibility index (Phi) is 4.81. The normalized spacial score (nSPS) is 10.1. The van der Waals surface area contributed by atoms with Gasteiger partial charge in [0.1, 0.15) is 12.1 Å². The number of benzene rings is 1. The molecule has 0 unspecified atom stereocenters. The van der Waals surface area contributed by atoms with Gasteiger partial charge in [-0.1, -0.05) is 6.07 Å². The van der Waals surface area contributed by atoms with E-state index in [2.05, 4.69) is 15.3 Å². The number of ether oxygens (including phenoxy) is 3. The van der Waals surface area contributed by atoms with E-state index in [4.69, 9.17) is 14.2 Å². The van der Waals surface area contributed by atoms with Crippen LogP contribution in [0.25, 0.3) is 0 Å². The van der Waals surface area contributed by atoms with Crippen LogP contribution in [-0.2, 0) is 0 Å². The summed E-state index contributed by atoms with van der Waals surface area (Å²) in [5, 5.41) is 3.17. The molecule has 0 fully saturated rings. The fourth-order valence-corrected chi connectivity index (χ4v) is 1.90. The van der Waals surface area contributed by atoms with Crippen LogP contribution >= 0.6 is 0 Å². The number of nitrogens with one attached hydrogen (secondary N) is 1. The highest BCUT2D eigenvalue weighted by Gasteiger charge is 2.16. The van der Waals surface area contributed by atoms with Crippen LogP contribution in [0.2, 0.25) is 0 Å². The lowest BCUT2D eigenvalue weighted by Crippen LogP contribution is -2.04. The first kappa shape index (κ1) is 14.9. The summed E-state index contributed by atoms with van der Waals surface area (Å²) < 4.78 is 16.5. The summed E-state index contributed by atoms with van der Waals surface area (Å²) in [6.45, 7) is 4.68. The monoisotopic (exact) mass is 289 g/mol.